The third kappa shape index (κ3) is 4.24. The number of sulfonamides is 1. The van der Waals surface area contributed by atoms with Crippen LogP contribution >= 0.6 is 23.2 Å². The molecule has 1 saturated heterocycles. The highest BCUT2D eigenvalue weighted by atomic mass is 35.5. The molecule has 0 bridgehead atoms. The van der Waals surface area contributed by atoms with Gasteiger partial charge in [0.25, 0.3) is 0 Å². The van der Waals surface area contributed by atoms with Gasteiger partial charge in [-0.25, -0.2) is 8.42 Å². The topological polar surface area (TPSA) is 40.6 Å². The highest BCUT2D eigenvalue weighted by Crippen LogP contribution is 2.29. The van der Waals surface area contributed by atoms with Crippen LogP contribution in [0.4, 0.5) is 0 Å². The van der Waals surface area contributed by atoms with E-state index in [1.807, 2.05) is 39.8 Å². The SMILES string of the molecule is Cc1cc(C)c(C)c(S(=O)(=O)N2CCN(Cc3ccc(Cl)c(Cl)c3)CC2)c1C. The molecule has 7 heteroatoms. The van der Waals surface area contributed by atoms with Crippen molar-refractivity contribution >= 4 is 33.2 Å². The van der Waals surface area contributed by atoms with Gasteiger partial charge in [-0.2, -0.15) is 4.31 Å². The number of nitrogens with zero attached hydrogens (tertiary/aromatic N) is 2. The van der Waals surface area contributed by atoms with Crippen LogP contribution in [0.25, 0.3) is 0 Å². The smallest absolute Gasteiger partial charge is 0.243 e. The summed E-state index contributed by atoms with van der Waals surface area (Å²) in [4.78, 5) is 2.72. The van der Waals surface area contributed by atoms with Crippen molar-refractivity contribution in [3.8, 4) is 0 Å². The summed E-state index contributed by atoms with van der Waals surface area (Å²) < 4.78 is 28.3. The summed E-state index contributed by atoms with van der Waals surface area (Å²) in [5, 5.41) is 1.08. The van der Waals surface area contributed by atoms with E-state index in [1.54, 1.807) is 10.4 Å². The maximum atomic E-state index is 13.4. The van der Waals surface area contributed by atoms with Crippen molar-refractivity contribution in [2.75, 3.05) is 26.2 Å². The zero-order valence-corrected chi connectivity index (χ0v) is 19.0. The lowest BCUT2D eigenvalue weighted by molar-refractivity contribution is 0.181. The van der Waals surface area contributed by atoms with Gasteiger partial charge < -0.3 is 0 Å². The van der Waals surface area contributed by atoms with Crippen molar-refractivity contribution < 1.29 is 8.42 Å². The zero-order chi connectivity index (χ0) is 20.6. The van der Waals surface area contributed by atoms with E-state index in [2.05, 4.69) is 11.0 Å². The second-order valence-electron chi connectivity index (χ2n) is 7.52. The van der Waals surface area contributed by atoms with E-state index in [-0.39, 0.29) is 0 Å². The van der Waals surface area contributed by atoms with Crippen LogP contribution in [0, 0.1) is 27.7 Å². The number of hydrogen-bond donors (Lipinski definition) is 0. The molecule has 0 aromatic heterocycles. The first kappa shape index (κ1) is 21.6. The molecule has 1 heterocycles. The quantitative estimate of drug-likeness (QED) is 0.689. The Balaban J connectivity index is 1.75. The summed E-state index contributed by atoms with van der Waals surface area (Å²) >= 11 is 12.1. The predicted molar refractivity (Wildman–Crippen MR) is 116 cm³/mol. The molecular formula is C21H26Cl2N2O2S. The van der Waals surface area contributed by atoms with Crippen LogP contribution in [-0.4, -0.2) is 43.8 Å². The number of benzene rings is 2. The summed E-state index contributed by atoms with van der Waals surface area (Å²) in [7, 11) is -3.51. The number of piperazine rings is 1. The summed E-state index contributed by atoms with van der Waals surface area (Å²) in [6.45, 7) is 10.8. The van der Waals surface area contributed by atoms with Crippen molar-refractivity contribution in [3.63, 3.8) is 0 Å². The minimum Gasteiger partial charge on any atom is -0.296 e. The van der Waals surface area contributed by atoms with Crippen molar-refractivity contribution in [1.29, 1.82) is 0 Å². The van der Waals surface area contributed by atoms with Gasteiger partial charge in [-0.05, 0) is 67.6 Å². The zero-order valence-electron chi connectivity index (χ0n) is 16.7. The number of hydrogen-bond acceptors (Lipinski definition) is 3. The Kier molecular flexibility index (Phi) is 6.42. The van der Waals surface area contributed by atoms with Crippen molar-refractivity contribution in [1.82, 2.24) is 9.21 Å². The molecule has 2 aromatic rings. The maximum Gasteiger partial charge on any atom is 0.243 e. The minimum atomic E-state index is -3.51. The van der Waals surface area contributed by atoms with Gasteiger partial charge in [-0.1, -0.05) is 35.3 Å². The molecule has 0 saturated carbocycles. The number of halogens is 2. The summed E-state index contributed by atoms with van der Waals surface area (Å²) in [6, 6.07) is 7.68. The van der Waals surface area contributed by atoms with E-state index in [1.165, 1.54) is 0 Å². The molecule has 2 aromatic carbocycles. The standard InChI is InChI=1S/C21H26Cl2N2O2S/c1-14-11-15(2)17(4)21(16(14)3)28(26,27)25-9-7-24(8-10-25)13-18-5-6-19(22)20(23)12-18/h5-6,11-12H,7-10,13H2,1-4H3. The monoisotopic (exact) mass is 440 g/mol. The highest BCUT2D eigenvalue weighted by Gasteiger charge is 2.31. The van der Waals surface area contributed by atoms with Gasteiger partial charge in [0.1, 0.15) is 0 Å². The van der Waals surface area contributed by atoms with Crippen LogP contribution in [0.2, 0.25) is 10.0 Å². The fourth-order valence-electron chi connectivity index (χ4n) is 3.72. The minimum absolute atomic E-state index is 0.475. The summed E-state index contributed by atoms with van der Waals surface area (Å²) in [5.74, 6) is 0. The Morgan fingerprint density at radius 1 is 0.857 bits per heavy atom. The summed E-state index contributed by atoms with van der Waals surface area (Å²) in [6.07, 6.45) is 0. The molecule has 0 amide bonds. The fraction of sp³-hybridized carbons (Fsp3) is 0.429. The molecule has 28 heavy (non-hydrogen) atoms. The molecule has 1 aliphatic rings. The Morgan fingerprint density at radius 3 is 1.96 bits per heavy atom. The van der Waals surface area contributed by atoms with Crippen LogP contribution in [0.1, 0.15) is 27.8 Å². The average Bonchev–Trinajstić information content (AvgIpc) is 2.64. The van der Waals surface area contributed by atoms with Gasteiger partial charge in [0, 0.05) is 32.7 Å². The van der Waals surface area contributed by atoms with E-state index in [9.17, 15) is 8.42 Å². The van der Waals surface area contributed by atoms with Gasteiger partial charge >= 0.3 is 0 Å². The Bertz CT molecular complexity index is 972. The molecule has 152 valence electrons. The second-order valence-corrected chi connectivity index (χ2v) is 10.2. The molecule has 0 atom stereocenters. The molecule has 0 radical (unpaired) electrons. The van der Waals surface area contributed by atoms with E-state index in [0.717, 1.165) is 34.4 Å². The first-order valence-corrected chi connectivity index (χ1v) is 11.5. The molecule has 0 aliphatic carbocycles. The summed E-state index contributed by atoms with van der Waals surface area (Å²) in [5.41, 5.74) is 4.80. The largest absolute Gasteiger partial charge is 0.296 e. The van der Waals surface area contributed by atoms with E-state index >= 15 is 0 Å². The lowest BCUT2D eigenvalue weighted by Crippen LogP contribution is -2.48. The lowest BCUT2D eigenvalue weighted by atomic mass is 10.0. The molecule has 0 spiro atoms. The van der Waals surface area contributed by atoms with Gasteiger partial charge in [-0.15, -0.1) is 0 Å². The second kappa shape index (κ2) is 8.33. The maximum absolute atomic E-state index is 13.4. The molecule has 0 N–H and O–H groups in total. The molecule has 1 aliphatic heterocycles. The number of aryl methyl sites for hydroxylation is 2. The van der Waals surface area contributed by atoms with Crippen molar-refractivity contribution in [2.45, 2.75) is 39.1 Å². The molecule has 1 fully saturated rings. The van der Waals surface area contributed by atoms with Crippen LogP contribution in [-0.2, 0) is 16.6 Å². The first-order valence-electron chi connectivity index (χ1n) is 9.35. The Hall–Kier alpha value is -1.11. The first-order chi connectivity index (χ1) is 13.1. The Labute approximate surface area is 178 Å². The van der Waals surface area contributed by atoms with E-state index in [0.29, 0.717) is 41.1 Å². The average molecular weight is 441 g/mol. The normalized spacial score (nSPS) is 16.5. The predicted octanol–water partition coefficient (Wildman–Crippen LogP) is 4.73. The molecular weight excluding hydrogens is 415 g/mol. The van der Waals surface area contributed by atoms with Crippen LogP contribution < -0.4 is 0 Å². The third-order valence-electron chi connectivity index (χ3n) is 5.62. The fourth-order valence-corrected chi connectivity index (χ4v) is 6.04. The van der Waals surface area contributed by atoms with Crippen LogP contribution in [0.5, 0.6) is 0 Å². The number of rotatable bonds is 4. The Morgan fingerprint density at radius 2 is 1.43 bits per heavy atom. The van der Waals surface area contributed by atoms with Gasteiger partial charge in [0.05, 0.1) is 14.9 Å². The lowest BCUT2D eigenvalue weighted by Gasteiger charge is -2.34. The highest BCUT2D eigenvalue weighted by molar-refractivity contribution is 7.89. The van der Waals surface area contributed by atoms with Gasteiger partial charge in [-0.3, -0.25) is 4.90 Å². The van der Waals surface area contributed by atoms with Gasteiger partial charge in [0.2, 0.25) is 10.0 Å². The van der Waals surface area contributed by atoms with E-state index < -0.39 is 10.0 Å². The molecule has 3 rings (SSSR count). The van der Waals surface area contributed by atoms with Gasteiger partial charge in [0.15, 0.2) is 0 Å². The molecule has 4 nitrogen and oxygen atoms in total. The molecule has 0 unspecified atom stereocenters. The van der Waals surface area contributed by atoms with Crippen molar-refractivity contribution in [3.05, 3.63) is 62.1 Å². The van der Waals surface area contributed by atoms with Crippen molar-refractivity contribution in [2.24, 2.45) is 0 Å². The van der Waals surface area contributed by atoms with E-state index in [4.69, 9.17) is 23.2 Å². The third-order valence-corrected chi connectivity index (χ3v) is 8.53. The van der Waals surface area contributed by atoms with Crippen LogP contribution in [0.3, 0.4) is 0 Å². The van der Waals surface area contributed by atoms with Crippen LogP contribution in [0.15, 0.2) is 29.2 Å².